The third-order valence-corrected chi connectivity index (χ3v) is 6.32. The number of hydrogen-bond acceptors (Lipinski definition) is 6. The number of benzene rings is 1. The van der Waals surface area contributed by atoms with Crippen molar-refractivity contribution in [3.63, 3.8) is 0 Å². The van der Waals surface area contributed by atoms with Crippen LogP contribution in [0.1, 0.15) is 37.0 Å². The van der Waals surface area contributed by atoms with Crippen LogP contribution in [0, 0.1) is 11.8 Å². The molecule has 0 bridgehead atoms. The highest BCUT2D eigenvalue weighted by Gasteiger charge is 2.31. The molecule has 1 fully saturated rings. The highest BCUT2D eigenvalue weighted by molar-refractivity contribution is 5.99. The number of ether oxygens (including phenoxy) is 3. The molecule has 32 heavy (non-hydrogen) atoms. The van der Waals surface area contributed by atoms with Crippen molar-refractivity contribution >= 4 is 17.5 Å². The Morgan fingerprint density at radius 3 is 2.62 bits per heavy atom. The molecular weight excluding hydrogens is 410 g/mol. The third kappa shape index (κ3) is 6.43. The van der Waals surface area contributed by atoms with Crippen molar-refractivity contribution in [2.45, 2.75) is 38.8 Å². The van der Waals surface area contributed by atoms with E-state index in [1.54, 1.807) is 37.3 Å². The second-order valence-corrected chi connectivity index (χ2v) is 9.19. The van der Waals surface area contributed by atoms with Crippen LogP contribution >= 0.6 is 0 Å². The lowest BCUT2D eigenvalue weighted by atomic mass is 10.0. The molecule has 8 nitrogen and oxygen atoms in total. The Kier molecular flexibility index (Phi) is 8.51. The minimum atomic E-state index is -0.278. The molecule has 0 spiro atoms. The second-order valence-electron chi connectivity index (χ2n) is 9.19. The number of anilines is 1. The largest absolute Gasteiger partial charge is 0.491 e. The van der Waals surface area contributed by atoms with Gasteiger partial charge in [0.2, 0.25) is 5.91 Å². The van der Waals surface area contributed by atoms with E-state index in [4.69, 9.17) is 14.2 Å². The van der Waals surface area contributed by atoms with Gasteiger partial charge in [-0.2, -0.15) is 0 Å². The van der Waals surface area contributed by atoms with E-state index in [9.17, 15) is 9.59 Å². The van der Waals surface area contributed by atoms with Crippen molar-refractivity contribution in [1.82, 2.24) is 9.80 Å². The molecule has 1 aliphatic heterocycles. The fourth-order valence-corrected chi connectivity index (χ4v) is 4.14. The van der Waals surface area contributed by atoms with Gasteiger partial charge in [-0.05, 0) is 49.8 Å². The first-order valence-corrected chi connectivity index (χ1v) is 11.4. The average Bonchev–Trinajstić information content (AvgIpc) is 3.58. The minimum absolute atomic E-state index is 0.0524. The summed E-state index contributed by atoms with van der Waals surface area (Å²) in [5.41, 5.74) is 0.954. The molecule has 0 radical (unpaired) electrons. The quantitative estimate of drug-likeness (QED) is 0.722. The van der Waals surface area contributed by atoms with E-state index < -0.39 is 0 Å². The van der Waals surface area contributed by atoms with Gasteiger partial charge in [0.15, 0.2) is 0 Å². The van der Waals surface area contributed by atoms with Crippen LogP contribution in [-0.4, -0.2) is 87.9 Å². The molecule has 1 heterocycles. The van der Waals surface area contributed by atoms with E-state index in [-0.39, 0.29) is 36.5 Å². The molecule has 0 unspecified atom stereocenters. The summed E-state index contributed by atoms with van der Waals surface area (Å²) < 4.78 is 16.8. The number of hydrogen-bond donors (Lipinski definition) is 1. The minimum Gasteiger partial charge on any atom is -0.491 e. The number of methoxy groups -OCH3 is 2. The summed E-state index contributed by atoms with van der Waals surface area (Å²) in [7, 11) is 4.95. The molecule has 2 aliphatic rings. The van der Waals surface area contributed by atoms with Gasteiger partial charge in [0, 0.05) is 52.6 Å². The molecule has 1 N–H and O–H groups in total. The fourth-order valence-electron chi connectivity index (χ4n) is 4.14. The maximum Gasteiger partial charge on any atom is 0.257 e. The topological polar surface area (TPSA) is 80.3 Å². The Labute approximate surface area is 191 Å². The summed E-state index contributed by atoms with van der Waals surface area (Å²) in [4.78, 5) is 29.4. The van der Waals surface area contributed by atoms with Gasteiger partial charge in [-0.1, -0.05) is 6.92 Å². The summed E-state index contributed by atoms with van der Waals surface area (Å²) in [6, 6.07) is 5.38. The lowest BCUT2D eigenvalue weighted by Gasteiger charge is -2.36. The van der Waals surface area contributed by atoms with Crippen LogP contribution in [0.25, 0.3) is 0 Å². The summed E-state index contributed by atoms with van der Waals surface area (Å²) in [5, 5.41) is 2.76. The smallest absolute Gasteiger partial charge is 0.257 e. The number of carbonyl (C=O) groups is 2. The van der Waals surface area contributed by atoms with E-state index in [2.05, 4.69) is 24.1 Å². The third-order valence-electron chi connectivity index (χ3n) is 6.32. The van der Waals surface area contributed by atoms with E-state index in [0.717, 1.165) is 19.0 Å². The van der Waals surface area contributed by atoms with Gasteiger partial charge in [-0.3, -0.25) is 14.5 Å². The van der Waals surface area contributed by atoms with E-state index >= 15 is 0 Å². The van der Waals surface area contributed by atoms with Gasteiger partial charge < -0.3 is 24.4 Å². The molecule has 2 amide bonds. The summed E-state index contributed by atoms with van der Waals surface area (Å²) >= 11 is 0. The predicted molar refractivity (Wildman–Crippen MR) is 123 cm³/mol. The van der Waals surface area contributed by atoms with Crippen molar-refractivity contribution in [2.75, 3.05) is 59.4 Å². The zero-order valence-electron chi connectivity index (χ0n) is 19.9. The van der Waals surface area contributed by atoms with Crippen LogP contribution in [0.5, 0.6) is 5.75 Å². The molecule has 8 heteroatoms. The Balaban J connectivity index is 1.89. The van der Waals surface area contributed by atoms with Crippen molar-refractivity contribution in [1.29, 1.82) is 0 Å². The Hall–Kier alpha value is -2.16. The molecule has 1 aliphatic carbocycles. The first-order valence-electron chi connectivity index (χ1n) is 11.4. The second kappa shape index (κ2) is 11.1. The highest BCUT2D eigenvalue weighted by Crippen LogP contribution is 2.31. The summed E-state index contributed by atoms with van der Waals surface area (Å²) in [5.74, 6) is 1.11. The number of nitrogens with zero attached hydrogens (tertiary/aromatic N) is 2. The standard InChI is InChI=1S/C24H37N3O5/c1-16-11-27(12-18-6-7-18)17(2)14-32-21-9-8-19(25-23(28)15-30-4)10-20(21)24(29)26(3)13-22(16)31-5/h8-10,16-18,22H,6-7,11-15H2,1-5H3,(H,25,28)/t16-,17-,22+/m0/s1. The molecule has 1 aromatic carbocycles. The SMILES string of the molecule is COCC(=O)Nc1ccc2c(c1)C(=O)N(C)C[C@@H](OC)[C@@H](C)CN(CC1CC1)[C@@H](C)CO2. The lowest BCUT2D eigenvalue weighted by Crippen LogP contribution is -2.47. The number of amides is 2. The van der Waals surface area contributed by atoms with Crippen LogP contribution in [0.15, 0.2) is 18.2 Å². The molecule has 178 valence electrons. The number of nitrogens with one attached hydrogen (secondary N) is 1. The lowest BCUT2D eigenvalue weighted by molar-refractivity contribution is -0.119. The van der Waals surface area contributed by atoms with Gasteiger partial charge in [0.25, 0.3) is 5.91 Å². The zero-order valence-corrected chi connectivity index (χ0v) is 19.9. The number of fused-ring (bicyclic) bond motifs is 1. The Morgan fingerprint density at radius 2 is 1.97 bits per heavy atom. The van der Waals surface area contributed by atoms with Crippen LogP contribution in [0.2, 0.25) is 0 Å². The zero-order chi connectivity index (χ0) is 23.3. The Bertz CT molecular complexity index is 798. The van der Waals surface area contributed by atoms with Crippen LogP contribution in [0.3, 0.4) is 0 Å². The first kappa shape index (κ1) is 24.5. The molecule has 1 aromatic rings. The van der Waals surface area contributed by atoms with E-state index in [0.29, 0.717) is 30.2 Å². The predicted octanol–water partition coefficient (Wildman–Crippen LogP) is 2.49. The van der Waals surface area contributed by atoms with Crippen molar-refractivity contribution in [2.24, 2.45) is 11.8 Å². The molecule has 0 saturated heterocycles. The molecule has 1 saturated carbocycles. The monoisotopic (exact) mass is 447 g/mol. The van der Waals surface area contributed by atoms with Crippen molar-refractivity contribution < 1.29 is 23.8 Å². The molecular formula is C24H37N3O5. The first-order chi connectivity index (χ1) is 15.3. The maximum atomic E-state index is 13.3. The molecule has 3 atom stereocenters. The van der Waals surface area contributed by atoms with Crippen LogP contribution in [-0.2, 0) is 14.3 Å². The molecule has 0 aromatic heterocycles. The number of rotatable bonds is 6. The van der Waals surface area contributed by atoms with Gasteiger partial charge in [-0.25, -0.2) is 0 Å². The fraction of sp³-hybridized carbons (Fsp3) is 0.667. The van der Waals surface area contributed by atoms with Crippen molar-refractivity contribution in [3.05, 3.63) is 23.8 Å². The van der Waals surface area contributed by atoms with Crippen LogP contribution < -0.4 is 10.1 Å². The number of likely N-dealkylation sites (N-methyl/N-ethyl adjacent to an activating group) is 1. The Morgan fingerprint density at radius 1 is 1.22 bits per heavy atom. The summed E-state index contributed by atoms with van der Waals surface area (Å²) in [6.45, 7) is 7.23. The van der Waals surface area contributed by atoms with E-state index in [1.165, 1.54) is 20.0 Å². The van der Waals surface area contributed by atoms with Gasteiger partial charge in [-0.15, -0.1) is 0 Å². The average molecular weight is 448 g/mol. The van der Waals surface area contributed by atoms with Gasteiger partial charge in [0.1, 0.15) is 19.0 Å². The van der Waals surface area contributed by atoms with Gasteiger partial charge in [0.05, 0.1) is 11.7 Å². The molecule has 3 rings (SSSR count). The number of carbonyl (C=O) groups excluding carboxylic acids is 2. The normalized spacial score (nSPS) is 25.3. The summed E-state index contributed by atoms with van der Waals surface area (Å²) in [6.07, 6.45) is 2.51. The van der Waals surface area contributed by atoms with Crippen LogP contribution in [0.4, 0.5) is 5.69 Å². The van der Waals surface area contributed by atoms with E-state index in [1.807, 2.05) is 0 Å². The van der Waals surface area contributed by atoms with Crippen molar-refractivity contribution in [3.8, 4) is 5.75 Å². The van der Waals surface area contributed by atoms with Gasteiger partial charge >= 0.3 is 0 Å². The maximum absolute atomic E-state index is 13.3. The highest BCUT2D eigenvalue weighted by atomic mass is 16.5.